The van der Waals surface area contributed by atoms with Crippen LogP contribution in [0.5, 0.6) is 0 Å². The Labute approximate surface area is 95.0 Å². The van der Waals surface area contributed by atoms with Gasteiger partial charge in [-0.3, -0.25) is 4.90 Å². The van der Waals surface area contributed by atoms with E-state index in [0.717, 1.165) is 25.9 Å². The van der Waals surface area contributed by atoms with Gasteiger partial charge in [0.25, 0.3) is 0 Å². The predicted octanol–water partition coefficient (Wildman–Crippen LogP) is 1.86. The molecule has 0 spiro atoms. The molecule has 15 heavy (non-hydrogen) atoms. The summed E-state index contributed by atoms with van der Waals surface area (Å²) >= 11 is 0. The maximum Gasteiger partial charge on any atom is 0.0670 e. The lowest BCUT2D eigenvalue weighted by atomic mass is 9.95. The molecule has 2 atom stereocenters. The molecule has 0 radical (unpaired) electrons. The first-order valence-corrected chi connectivity index (χ1v) is 6.02. The Kier molecular flexibility index (Phi) is 7.14. The third kappa shape index (κ3) is 4.49. The van der Waals surface area contributed by atoms with E-state index in [4.69, 9.17) is 10.5 Å². The highest BCUT2D eigenvalue weighted by Crippen LogP contribution is 2.19. The van der Waals surface area contributed by atoms with Crippen LogP contribution < -0.4 is 5.73 Å². The number of nitrogens with two attached hydrogens (primary N) is 1. The van der Waals surface area contributed by atoms with E-state index in [-0.39, 0.29) is 11.6 Å². The fourth-order valence-electron chi connectivity index (χ4n) is 1.73. The Morgan fingerprint density at radius 2 is 2.00 bits per heavy atom. The monoisotopic (exact) mass is 216 g/mol. The summed E-state index contributed by atoms with van der Waals surface area (Å²) in [6.07, 6.45) is 2.51. The van der Waals surface area contributed by atoms with Gasteiger partial charge in [0.15, 0.2) is 0 Å². The van der Waals surface area contributed by atoms with Gasteiger partial charge in [0, 0.05) is 25.7 Å². The Balaban J connectivity index is 4.47. The first-order chi connectivity index (χ1) is 7.03. The van der Waals surface area contributed by atoms with Gasteiger partial charge in [-0.2, -0.15) is 0 Å². The van der Waals surface area contributed by atoms with E-state index in [9.17, 15) is 0 Å². The molecule has 92 valence electrons. The van der Waals surface area contributed by atoms with Crippen LogP contribution in [0.15, 0.2) is 0 Å². The van der Waals surface area contributed by atoms with Crippen LogP contribution in [0.3, 0.4) is 0 Å². The van der Waals surface area contributed by atoms with E-state index in [2.05, 4.69) is 32.6 Å². The number of methoxy groups -OCH3 is 1. The van der Waals surface area contributed by atoms with Crippen molar-refractivity contribution in [2.75, 3.05) is 26.7 Å². The standard InChI is InChI=1S/C12H28N2O/c1-6-8-14(9-11(3)15-5)12(4,7-2)10-13/h11H,6-10,13H2,1-5H3. The van der Waals surface area contributed by atoms with Gasteiger partial charge in [0.05, 0.1) is 6.10 Å². The smallest absolute Gasteiger partial charge is 0.0670 e. The first kappa shape index (κ1) is 14.9. The van der Waals surface area contributed by atoms with Crippen LogP contribution in [0.1, 0.15) is 40.5 Å². The van der Waals surface area contributed by atoms with Crippen LogP contribution >= 0.6 is 0 Å². The summed E-state index contributed by atoms with van der Waals surface area (Å²) in [6.45, 7) is 11.5. The zero-order valence-corrected chi connectivity index (χ0v) is 11.0. The fraction of sp³-hybridized carbons (Fsp3) is 1.00. The third-order valence-electron chi connectivity index (χ3n) is 3.34. The van der Waals surface area contributed by atoms with Gasteiger partial charge >= 0.3 is 0 Å². The molecule has 0 aromatic heterocycles. The quantitative estimate of drug-likeness (QED) is 0.673. The molecule has 0 aliphatic heterocycles. The van der Waals surface area contributed by atoms with Crippen LogP contribution in [0, 0.1) is 0 Å². The molecule has 0 rings (SSSR count). The topological polar surface area (TPSA) is 38.5 Å². The molecule has 0 saturated carbocycles. The average Bonchev–Trinajstić information content (AvgIpc) is 2.27. The number of ether oxygens (including phenoxy) is 1. The van der Waals surface area contributed by atoms with Crippen LogP contribution in [0.25, 0.3) is 0 Å². The molecule has 0 amide bonds. The summed E-state index contributed by atoms with van der Waals surface area (Å²) in [6, 6.07) is 0. The Hall–Kier alpha value is -0.120. The largest absolute Gasteiger partial charge is 0.380 e. The highest BCUT2D eigenvalue weighted by molar-refractivity contribution is 4.86. The summed E-state index contributed by atoms with van der Waals surface area (Å²) in [4.78, 5) is 2.46. The molecule has 0 aromatic rings. The van der Waals surface area contributed by atoms with Crippen LogP contribution in [0.2, 0.25) is 0 Å². The van der Waals surface area contributed by atoms with Crippen molar-refractivity contribution in [3.05, 3.63) is 0 Å². The molecule has 0 bridgehead atoms. The lowest BCUT2D eigenvalue weighted by Crippen LogP contribution is -2.53. The van der Waals surface area contributed by atoms with E-state index in [1.54, 1.807) is 7.11 Å². The van der Waals surface area contributed by atoms with Crippen LogP contribution in [-0.4, -0.2) is 43.3 Å². The van der Waals surface area contributed by atoms with Crippen molar-refractivity contribution in [2.45, 2.75) is 52.2 Å². The molecule has 2 N–H and O–H groups in total. The van der Waals surface area contributed by atoms with E-state index in [1.807, 2.05) is 0 Å². The second-order valence-electron chi connectivity index (χ2n) is 4.55. The maximum atomic E-state index is 5.88. The van der Waals surface area contributed by atoms with Crippen molar-refractivity contribution in [1.29, 1.82) is 0 Å². The maximum absolute atomic E-state index is 5.88. The van der Waals surface area contributed by atoms with Crippen molar-refractivity contribution in [3.63, 3.8) is 0 Å². The van der Waals surface area contributed by atoms with E-state index in [1.165, 1.54) is 0 Å². The normalized spacial score (nSPS) is 17.8. The number of rotatable bonds is 8. The van der Waals surface area contributed by atoms with Gasteiger partial charge in [-0.1, -0.05) is 13.8 Å². The van der Waals surface area contributed by atoms with Gasteiger partial charge in [-0.05, 0) is 33.2 Å². The lowest BCUT2D eigenvalue weighted by molar-refractivity contribution is 0.0275. The van der Waals surface area contributed by atoms with Crippen LogP contribution in [0.4, 0.5) is 0 Å². The fourth-order valence-corrected chi connectivity index (χ4v) is 1.73. The molecule has 0 saturated heterocycles. The van der Waals surface area contributed by atoms with Crippen molar-refractivity contribution in [2.24, 2.45) is 5.73 Å². The molecule has 2 unspecified atom stereocenters. The van der Waals surface area contributed by atoms with Crippen molar-refractivity contribution in [1.82, 2.24) is 4.90 Å². The third-order valence-corrected chi connectivity index (χ3v) is 3.34. The van der Waals surface area contributed by atoms with Crippen molar-refractivity contribution < 1.29 is 4.74 Å². The molecular weight excluding hydrogens is 188 g/mol. The Morgan fingerprint density at radius 3 is 2.33 bits per heavy atom. The van der Waals surface area contributed by atoms with Gasteiger partial charge in [-0.15, -0.1) is 0 Å². The molecule has 3 heteroatoms. The highest BCUT2D eigenvalue weighted by Gasteiger charge is 2.28. The van der Waals surface area contributed by atoms with Gasteiger partial charge in [0.2, 0.25) is 0 Å². The van der Waals surface area contributed by atoms with Crippen molar-refractivity contribution >= 4 is 0 Å². The SMILES string of the molecule is CCCN(CC(C)OC)C(C)(CC)CN. The zero-order valence-electron chi connectivity index (χ0n) is 11.0. The van der Waals surface area contributed by atoms with E-state index < -0.39 is 0 Å². The van der Waals surface area contributed by atoms with Gasteiger partial charge in [0.1, 0.15) is 0 Å². The summed E-state index contributed by atoms with van der Waals surface area (Å²) in [5, 5.41) is 0. The minimum atomic E-state index is 0.114. The van der Waals surface area contributed by atoms with Gasteiger partial charge < -0.3 is 10.5 Å². The molecule has 3 nitrogen and oxygen atoms in total. The minimum Gasteiger partial charge on any atom is -0.380 e. The second-order valence-corrected chi connectivity index (χ2v) is 4.55. The first-order valence-electron chi connectivity index (χ1n) is 6.02. The Bertz CT molecular complexity index is 158. The summed E-state index contributed by atoms with van der Waals surface area (Å²) in [7, 11) is 1.76. The average molecular weight is 216 g/mol. The summed E-state index contributed by atoms with van der Waals surface area (Å²) in [5.41, 5.74) is 6.00. The summed E-state index contributed by atoms with van der Waals surface area (Å²) < 4.78 is 5.33. The molecule has 0 heterocycles. The van der Waals surface area contributed by atoms with Crippen molar-refractivity contribution in [3.8, 4) is 0 Å². The molecule has 0 fully saturated rings. The predicted molar refractivity (Wildman–Crippen MR) is 66.1 cm³/mol. The second kappa shape index (κ2) is 7.20. The highest BCUT2D eigenvalue weighted by atomic mass is 16.5. The van der Waals surface area contributed by atoms with E-state index >= 15 is 0 Å². The van der Waals surface area contributed by atoms with Gasteiger partial charge in [-0.25, -0.2) is 0 Å². The minimum absolute atomic E-state index is 0.114. The summed E-state index contributed by atoms with van der Waals surface area (Å²) in [5.74, 6) is 0. The number of nitrogens with zero attached hydrogens (tertiary/aromatic N) is 1. The molecule has 0 aliphatic carbocycles. The lowest BCUT2D eigenvalue weighted by Gasteiger charge is -2.41. The zero-order chi connectivity index (χ0) is 11.9. The molecular formula is C12H28N2O. The molecule has 0 aromatic carbocycles. The van der Waals surface area contributed by atoms with E-state index in [0.29, 0.717) is 6.54 Å². The molecule has 0 aliphatic rings. The number of hydrogen-bond donors (Lipinski definition) is 1. The van der Waals surface area contributed by atoms with Crippen LogP contribution in [-0.2, 0) is 4.74 Å². The Morgan fingerprint density at radius 1 is 1.40 bits per heavy atom. The number of hydrogen-bond acceptors (Lipinski definition) is 3.